The van der Waals surface area contributed by atoms with Crippen LogP contribution in [0.3, 0.4) is 0 Å². The van der Waals surface area contributed by atoms with Crippen LogP contribution in [-0.2, 0) is 18.4 Å². The van der Waals surface area contributed by atoms with Gasteiger partial charge in [-0.05, 0) is 13.8 Å². The van der Waals surface area contributed by atoms with E-state index in [1.54, 1.807) is 13.8 Å². The van der Waals surface area contributed by atoms with Gasteiger partial charge in [-0.15, -0.1) is 0 Å². The number of nitrogens with one attached hydrogen (secondary N) is 1. The summed E-state index contributed by atoms with van der Waals surface area (Å²) < 4.78 is 21.7. The molecule has 1 amide bonds. The van der Waals surface area contributed by atoms with Crippen LogP contribution in [0.15, 0.2) is 0 Å². The summed E-state index contributed by atoms with van der Waals surface area (Å²) in [4.78, 5) is 9.92. The third-order valence-electron chi connectivity index (χ3n) is 1.26. The van der Waals surface area contributed by atoms with Crippen molar-refractivity contribution in [3.8, 4) is 0 Å². The van der Waals surface area contributed by atoms with Gasteiger partial charge in [0.05, 0.1) is 19.4 Å². The van der Waals surface area contributed by atoms with Crippen molar-refractivity contribution in [3.05, 3.63) is 0 Å². The van der Waals surface area contributed by atoms with Crippen molar-refractivity contribution >= 4 is 14.0 Å². The van der Waals surface area contributed by atoms with Crippen molar-refractivity contribution in [2.45, 2.75) is 13.8 Å². The Morgan fingerprint density at radius 2 is 1.85 bits per heavy atom. The summed E-state index contributed by atoms with van der Waals surface area (Å²) in [5.41, 5.74) is 0. The van der Waals surface area contributed by atoms with Crippen molar-refractivity contribution in [1.29, 1.82) is 0 Å². The number of hydrogen-bond donors (Lipinski definition) is 1. The highest BCUT2D eigenvalue weighted by atomic mass is 31.2. The summed E-state index contributed by atoms with van der Waals surface area (Å²) in [6.07, 6.45) is 0.773. The fourth-order valence-electron chi connectivity index (χ4n) is 0.820. The SMILES string of the molecule is CCOP(=O)(CCNC=O)OCC. The average molecular weight is 209 g/mol. The van der Waals surface area contributed by atoms with Crippen LogP contribution >= 0.6 is 7.60 Å². The van der Waals surface area contributed by atoms with Gasteiger partial charge in [-0.1, -0.05) is 0 Å². The molecule has 0 aromatic rings. The molecule has 78 valence electrons. The minimum Gasteiger partial charge on any atom is -0.358 e. The molecule has 0 saturated carbocycles. The van der Waals surface area contributed by atoms with E-state index in [0.717, 1.165) is 0 Å². The number of carbonyl (C=O) groups is 1. The molecule has 0 atom stereocenters. The summed E-state index contributed by atoms with van der Waals surface area (Å²) in [6, 6.07) is 0. The van der Waals surface area contributed by atoms with Crippen LogP contribution in [-0.4, -0.2) is 32.3 Å². The van der Waals surface area contributed by atoms with Gasteiger partial charge < -0.3 is 14.4 Å². The zero-order chi connectivity index (χ0) is 10.2. The van der Waals surface area contributed by atoms with Crippen LogP contribution in [0.4, 0.5) is 0 Å². The molecule has 0 saturated heterocycles. The van der Waals surface area contributed by atoms with Crippen LogP contribution in [0.2, 0.25) is 0 Å². The van der Waals surface area contributed by atoms with Gasteiger partial charge in [0.2, 0.25) is 6.41 Å². The summed E-state index contributed by atoms with van der Waals surface area (Å²) >= 11 is 0. The van der Waals surface area contributed by atoms with E-state index >= 15 is 0 Å². The van der Waals surface area contributed by atoms with Gasteiger partial charge in [-0.2, -0.15) is 0 Å². The van der Waals surface area contributed by atoms with E-state index < -0.39 is 7.60 Å². The second kappa shape index (κ2) is 7.06. The van der Waals surface area contributed by atoms with Crippen LogP contribution in [0.1, 0.15) is 13.8 Å². The first-order valence-corrected chi connectivity index (χ1v) is 5.96. The van der Waals surface area contributed by atoms with Gasteiger partial charge in [0.15, 0.2) is 0 Å². The normalized spacial score (nSPS) is 11.2. The molecule has 0 fully saturated rings. The molecule has 0 rings (SSSR count). The molecule has 0 aromatic heterocycles. The largest absolute Gasteiger partial charge is 0.358 e. The van der Waals surface area contributed by atoms with E-state index in [9.17, 15) is 9.36 Å². The minimum atomic E-state index is -2.97. The molecular formula is C7H16NO4P. The Bertz CT molecular complexity index is 175. The van der Waals surface area contributed by atoms with Crippen molar-refractivity contribution in [2.75, 3.05) is 25.9 Å². The number of hydrogen-bond acceptors (Lipinski definition) is 4. The third-order valence-corrected chi connectivity index (χ3v) is 3.34. The second-order valence-corrected chi connectivity index (χ2v) is 4.43. The van der Waals surface area contributed by atoms with Crippen LogP contribution in [0.25, 0.3) is 0 Å². The third kappa shape index (κ3) is 5.80. The lowest BCUT2D eigenvalue weighted by molar-refractivity contribution is -0.109. The van der Waals surface area contributed by atoms with Crippen LogP contribution in [0.5, 0.6) is 0 Å². The van der Waals surface area contributed by atoms with Crippen LogP contribution in [0, 0.1) is 0 Å². The van der Waals surface area contributed by atoms with E-state index in [4.69, 9.17) is 9.05 Å². The maximum absolute atomic E-state index is 11.7. The Balaban J connectivity index is 3.91. The Morgan fingerprint density at radius 1 is 1.31 bits per heavy atom. The Kier molecular flexibility index (Phi) is 6.86. The number of amides is 1. The molecule has 0 spiro atoms. The molecule has 0 aliphatic rings. The predicted molar refractivity (Wildman–Crippen MR) is 49.8 cm³/mol. The quantitative estimate of drug-likeness (QED) is 0.368. The van der Waals surface area contributed by atoms with Crippen molar-refractivity contribution in [1.82, 2.24) is 5.32 Å². The summed E-state index contributed by atoms with van der Waals surface area (Å²) in [6.45, 7) is 4.50. The Labute approximate surface area is 78.3 Å². The highest BCUT2D eigenvalue weighted by Gasteiger charge is 2.22. The highest BCUT2D eigenvalue weighted by molar-refractivity contribution is 7.53. The lowest BCUT2D eigenvalue weighted by Gasteiger charge is -2.16. The maximum Gasteiger partial charge on any atom is 0.332 e. The fraction of sp³-hybridized carbons (Fsp3) is 0.857. The molecule has 1 N–H and O–H groups in total. The summed E-state index contributed by atoms with van der Waals surface area (Å²) in [7, 11) is -2.97. The van der Waals surface area contributed by atoms with Gasteiger partial charge in [-0.25, -0.2) is 0 Å². The molecule has 0 heterocycles. The average Bonchev–Trinajstić information content (AvgIpc) is 2.05. The Morgan fingerprint density at radius 3 is 2.23 bits per heavy atom. The first-order valence-electron chi connectivity index (χ1n) is 4.23. The first-order chi connectivity index (χ1) is 6.18. The summed E-state index contributed by atoms with van der Waals surface area (Å²) in [5.74, 6) is 0. The van der Waals surface area contributed by atoms with E-state index in [-0.39, 0.29) is 6.16 Å². The predicted octanol–water partition coefficient (Wildman–Crippen LogP) is 0.998. The molecule has 0 aliphatic heterocycles. The molecule has 0 unspecified atom stereocenters. The second-order valence-electron chi connectivity index (χ2n) is 2.24. The van der Waals surface area contributed by atoms with E-state index in [1.165, 1.54) is 0 Å². The van der Waals surface area contributed by atoms with Gasteiger partial charge in [0.25, 0.3) is 0 Å². The van der Waals surface area contributed by atoms with Gasteiger partial charge in [-0.3, -0.25) is 9.36 Å². The monoisotopic (exact) mass is 209 g/mol. The van der Waals surface area contributed by atoms with Crippen LogP contribution < -0.4 is 5.32 Å². The number of rotatable bonds is 8. The minimum absolute atomic E-state index is 0.216. The number of carbonyl (C=O) groups excluding carboxylic acids is 1. The Hall–Kier alpha value is -0.380. The van der Waals surface area contributed by atoms with Crippen molar-refractivity contribution in [2.24, 2.45) is 0 Å². The zero-order valence-corrected chi connectivity index (χ0v) is 8.88. The summed E-state index contributed by atoms with van der Waals surface area (Å²) in [5, 5.41) is 2.41. The molecule has 0 aliphatic carbocycles. The molecule has 6 heteroatoms. The molecule has 0 bridgehead atoms. The lowest BCUT2D eigenvalue weighted by Crippen LogP contribution is -2.17. The lowest BCUT2D eigenvalue weighted by atomic mass is 10.8. The van der Waals surface area contributed by atoms with E-state index in [0.29, 0.717) is 26.2 Å². The first kappa shape index (κ1) is 12.6. The topological polar surface area (TPSA) is 64.6 Å². The van der Waals surface area contributed by atoms with E-state index in [1.807, 2.05) is 0 Å². The maximum atomic E-state index is 11.7. The zero-order valence-electron chi connectivity index (χ0n) is 7.99. The van der Waals surface area contributed by atoms with Gasteiger partial charge in [0.1, 0.15) is 0 Å². The molecule has 0 aromatic carbocycles. The van der Waals surface area contributed by atoms with E-state index in [2.05, 4.69) is 5.32 Å². The standard InChI is InChI=1S/C7H16NO4P/c1-3-11-13(10,12-4-2)6-5-8-7-9/h7H,3-6H2,1-2H3,(H,8,9). The van der Waals surface area contributed by atoms with Crippen molar-refractivity contribution < 1.29 is 18.4 Å². The van der Waals surface area contributed by atoms with Crippen molar-refractivity contribution in [3.63, 3.8) is 0 Å². The fourth-order valence-corrected chi connectivity index (χ4v) is 2.34. The highest BCUT2D eigenvalue weighted by Crippen LogP contribution is 2.47. The molecule has 13 heavy (non-hydrogen) atoms. The van der Waals surface area contributed by atoms with Gasteiger partial charge >= 0.3 is 7.60 Å². The molecule has 0 radical (unpaired) electrons. The molecular weight excluding hydrogens is 193 g/mol. The van der Waals surface area contributed by atoms with Gasteiger partial charge in [0, 0.05) is 6.54 Å². The smallest absolute Gasteiger partial charge is 0.332 e. The molecule has 5 nitrogen and oxygen atoms in total.